The van der Waals surface area contributed by atoms with E-state index in [4.69, 9.17) is 5.73 Å². The molecule has 1 aromatic rings. The lowest BCUT2D eigenvalue weighted by molar-refractivity contribution is 0.182. The number of hydrogen-bond donors (Lipinski definition) is 3. The lowest BCUT2D eigenvalue weighted by Crippen LogP contribution is -2.22. The van der Waals surface area contributed by atoms with Crippen molar-refractivity contribution in [3.8, 4) is 5.75 Å². The molecule has 4 heteroatoms. The summed E-state index contributed by atoms with van der Waals surface area (Å²) in [6, 6.07) is 5.14. The molecule has 0 aliphatic heterocycles. The highest BCUT2D eigenvalue weighted by molar-refractivity contribution is 9.10. The van der Waals surface area contributed by atoms with Gasteiger partial charge in [-0.1, -0.05) is 22.0 Å². The van der Waals surface area contributed by atoms with Gasteiger partial charge in [-0.25, -0.2) is 0 Å². The van der Waals surface area contributed by atoms with Gasteiger partial charge in [0.25, 0.3) is 0 Å². The number of aliphatic hydroxyl groups is 1. The van der Waals surface area contributed by atoms with Crippen LogP contribution in [0.4, 0.5) is 0 Å². The molecule has 1 rings (SSSR count). The Morgan fingerprint density at radius 3 is 2.69 bits per heavy atom. The SMILES string of the molecule is NCC(O)Cc1c(O)cccc1Br. The predicted molar refractivity (Wildman–Crippen MR) is 54.6 cm³/mol. The van der Waals surface area contributed by atoms with Gasteiger partial charge < -0.3 is 15.9 Å². The minimum absolute atomic E-state index is 0.182. The second-order valence-corrected chi connectivity index (χ2v) is 3.69. The zero-order valence-electron chi connectivity index (χ0n) is 7.07. The molecule has 13 heavy (non-hydrogen) atoms. The molecule has 0 amide bonds. The van der Waals surface area contributed by atoms with Gasteiger partial charge >= 0.3 is 0 Å². The fraction of sp³-hybridized carbons (Fsp3) is 0.333. The van der Waals surface area contributed by atoms with Gasteiger partial charge in [0.15, 0.2) is 0 Å². The van der Waals surface area contributed by atoms with Crippen molar-refractivity contribution in [2.24, 2.45) is 5.73 Å². The number of benzene rings is 1. The van der Waals surface area contributed by atoms with Crippen molar-refractivity contribution < 1.29 is 10.2 Å². The highest BCUT2D eigenvalue weighted by atomic mass is 79.9. The Labute approximate surface area is 85.3 Å². The van der Waals surface area contributed by atoms with Crippen LogP contribution in [-0.2, 0) is 6.42 Å². The number of nitrogens with two attached hydrogens (primary N) is 1. The Morgan fingerprint density at radius 1 is 1.46 bits per heavy atom. The quantitative estimate of drug-likeness (QED) is 0.745. The molecule has 4 N–H and O–H groups in total. The van der Waals surface area contributed by atoms with E-state index in [9.17, 15) is 10.2 Å². The summed E-state index contributed by atoms with van der Waals surface area (Å²) in [5.41, 5.74) is 5.97. The van der Waals surface area contributed by atoms with Gasteiger partial charge in [-0.15, -0.1) is 0 Å². The summed E-state index contributed by atoms with van der Waals surface area (Å²) in [5, 5.41) is 18.8. The average molecular weight is 246 g/mol. The molecule has 72 valence electrons. The summed E-state index contributed by atoms with van der Waals surface area (Å²) in [6.07, 6.45) is -0.242. The molecule has 1 atom stereocenters. The van der Waals surface area contributed by atoms with E-state index in [2.05, 4.69) is 15.9 Å². The van der Waals surface area contributed by atoms with E-state index in [1.807, 2.05) is 6.07 Å². The summed E-state index contributed by atoms with van der Waals surface area (Å²) in [4.78, 5) is 0. The van der Waals surface area contributed by atoms with Crippen molar-refractivity contribution in [2.45, 2.75) is 12.5 Å². The smallest absolute Gasteiger partial charge is 0.119 e. The van der Waals surface area contributed by atoms with E-state index >= 15 is 0 Å². The molecule has 0 radical (unpaired) electrons. The maximum absolute atomic E-state index is 9.45. The summed E-state index contributed by atoms with van der Waals surface area (Å²) in [6.45, 7) is 0.195. The Hall–Kier alpha value is -0.580. The number of phenolic OH excluding ortho intramolecular Hbond substituents is 1. The summed E-state index contributed by atoms with van der Waals surface area (Å²) >= 11 is 3.29. The maximum atomic E-state index is 9.45. The highest BCUT2D eigenvalue weighted by Gasteiger charge is 2.10. The van der Waals surface area contributed by atoms with Crippen LogP contribution < -0.4 is 5.73 Å². The van der Waals surface area contributed by atoms with Gasteiger partial charge in [0.1, 0.15) is 5.75 Å². The molecule has 0 bridgehead atoms. The first-order valence-corrected chi connectivity index (χ1v) is 4.79. The average Bonchev–Trinajstić information content (AvgIpc) is 2.11. The minimum atomic E-state index is -0.607. The lowest BCUT2D eigenvalue weighted by Gasteiger charge is -2.10. The van der Waals surface area contributed by atoms with Crippen molar-refractivity contribution in [1.29, 1.82) is 0 Å². The van der Waals surface area contributed by atoms with Crippen LogP contribution in [-0.4, -0.2) is 22.9 Å². The van der Waals surface area contributed by atoms with Crippen LogP contribution in [0, 0.1) is 0 Å². The molecule has 0 aliphatic carbocycles. The highest BCUT2D eigenvalue weighted by Crippen LogP contribution is 2.26. The zero-order valence-corrected chi connectivity index (χ0v) is 8.66. The monoisotopic (exact) mass is 245 g/mol. The van der Waals surface area contributed by atoms with Gasteiger partial charge in [0.2, 0.25) is 0 Å². The lowest BCUT2D eigenvalue weighted by atomic mass is 10.1. The molecule has 0 aliphatic rings. The van der Waals surface area contributed by atoms with E-state index in [0.717, 1.165) is 4.47 Å². The first kappa shape index (κ1) is 10.5. The standard InChI is InChI=1S/C9H12BrNO2/c10-8-2-1-3-9(13)7(8)4-6(12)5-11/h1-3,6,12-13H,4-5,11H2. The van der Waals surface area contributed by atoms with E-state index < -0.39 is 6.10 Å². The second-order valence-electron chi connectivity index (χ2n) is 2.83. The third-order valence-electron chi connectivity index (χ3n) is 1.81. The molecule has 0 fully saturated rings. The van der Waals surface area contributed by atoms with Crippen LogP contribution in [0.1, 0.15) is 5.56 Å². The van der Waals surface area contributed by atoms with Crippen LogP contribution in [0.3, 0.4) is 0 Å². The molecule has 0 aromatic heterocycles. The fourth-order valence-corrected chi connectivity index (χ4v) is 1.59. The molecular weight excluding hydrogens is 234 g/mol. The number of aromatic hydroxyl groups is 1. The minimum Gasteiger partial charge on any atom is -0.508 e. The number of halogens is 1. The van der Waals surface area contributed by atoms with Crippen LogP contribution in [0.5, 0.6) is 5.75 Å². The normalized spacial score (nSPS) is 12.8. The molecule has 0 saturated heterocycles. The molecule has 0 spiro atoms. The van der Waals surface area contributed by atoms with Gasteiger partial charge in [-0.2, -0.15) is 0 Å². The molecule has 1 aromatic carbocycles. The Bertz CT molecular complexity index is 271. The summed E-state index contributed by atoms with van der Waals surface area (Å²) in [7, 11) is 0. The van der Waals surface area contributed by atoms with Crippen molar-refractivity contribution in [3.63, 3.8) is 0 Å². The Kier molecular flexibility index (Phi) is 3.71. The van der Waals surface area contributed by atoms with E-state index in [-0.39, 0.29) is 12.3 Å². The fourth-order valence-electron chi connectivity index (χ4n) is 1.07. The molecule has 0 heterocycles. The second kappa shape index (κ2) is 4.60. The Balaban J connectivity index is 2.87. The van der Waals surface area contributed by atoms with Gasteiger partial charge in [0, 0.05) is 23.0 Å². The molecular formula is C9H12BrNO2. The van der Waals surface area contributed by atoms with Gasteiger partial charge in [-0.05, 0) is 12.1 Å². The molecule has 3 nitrogen and oxygen atoms in total. The first-order chi connectivity index (χ1) is 6.15. The number of aliphatic hydroxyl groups excluding tert-OH is 1. The third kappa shape index (κ3) is 2.69. The predicted octanol–water partition coefficient (Wildman–Crippen LogP) is 1.02. The zero-order chi connectivity index (χ0) is 9.84. The molecule has 0 saturated carbocycles. The Morgan fingerprint density at radius 2 is 2.15 bits per heavy atom. The summed E-state index contributed by atoms with van der Waals surface area (Å²) < 4.78 is 0.792. The van der Waals surface area contributed by atoms with Crippen LogP contribution in [0.25, 0.3) is 0 Å². The van der Waals surface area contributed by atoms with E-state index in [0.29, 0.717) is 12.0 Å². The van der Waals surface area contributed by atoms with Crippen molar-refractivity contribution in [1.82, 2.24) is 0 Å². The number of hydrogen-bond acceptors (Lipinski definition) is 3. The maximum Gasteiger partial charge on any atom is 0.119 e. The van der Waals surface area contributed by atoms with Crippen molar-refractivity contribution >= 4 is 15.9 Å². The van der Waals surface area contributed by atoms with E-state index in [1.165, 1.54) is 0 Å². The summed E-state index contributed by atoms with van der Waals surface area (Å²) in [5.74, 6) is 0.182. The van der Waals surface area contributed by atoms with Gasteiger partial charge in [0.05, 0.1) is 6.10 Å². The number of rotatable bonds is 3. The van der Waals surface area contributed by atoms with E-state index in [1.54, 1.807) is 12.1 Å². The first-order valence-electron chi connectivity index (χ1n) is 3.99. The third-order valence-corrected chi connectivity index (χ3v) is 2.55. The largest absolute Gasteiger partial charge is 0.508 e. The van der Waals surface area contributed by atoms with Crippen LogP contribution in [0.15, 0.2) is 22.7 Å². The topological polar surface area (TPSA) is 66.5 Å². The number of phenols is 1. The van der Waals surface area contributed by atoms with Crippen molar-refractivity contribution in [3.05, 3.63) is 28.2 Å². The van der Waals surface area contributed by atoms with Crippen molar-refractivity contribution in [2.75, 3.05) is 6.54 Å². The van der Waals surface area contributed by atoms with Crippen LogP contribution >= 0.6 is 15.9 Å². The van der Waals surface area contributed by atoms with Crippen LogP contribution in [0.2, 0.25) is 0 Å². The van der Waals surface area contributed by atoms with Gasteiger partial charge in [-0.3, -0.25) is 0 Å². The molecule has 1 unspecified atom stereocenters.